The van der Waals surface area contributed by atoms with E-state index >= 15 is 0 Å². The third-order valence-electron chi connectivity index (χ3n) is 4.19. The van der Waals surface area contributed by atoms with Crippen molar-refractivity contribution in [3.8, 4) is 0 Å². The lowest BCUT2D eigenvalue weighted by molar-refractivity contribution is -0.0202. The predicted octanol–water partition coefficient (Wildman–Crippen LogP) is 1.56. The number of hydrogen-bond donors (Lipinski definition) is 1. The van der Waals surface area contributed by atoms with Crippen LogP contribution in [-0.2, 0) is 4.74 Å². The number of carbonyl (C=O) groups excluding carboxylic acids is 1. The summed E-state index contributed by atoms with van der Waals surface area (Å²) in [6.45, 7) is 10.5. The van der Waals surface area contributed by atoms with Gasteiger partial charge in [-0.25, -0.2) is 4.79 Å². The van der Waals surface area contributed by atoms with E-state index in [9.17, 15) is 4.79 Å². The molecule has 20 heavy (non-hydrogen) atoms. The topological polar surface area (TPSA) is 53.0 Å². The Kier molecular flexibility index (Phi) is 4.91. The fourth-order valence-electron chi connectivity index (χ4n) is 3.11. The minimum Gasteiger partial charge on any atom is -0.444 e. The summed E-state index contributed by atoms with van der Waals surface area (Å²) in [7, 11) is 0. The highest BCUT2D eigenvalue weighted by atomic mass is 16.6. The lowest BCUT2D eigenvalue weighted by Gasteiger charge is -2.46. The Morgan fingerprint density at radius 3 is 2.55 bits per heavy atom. The van der Waals surface area contributed by atoms with Crippen LogP contribution in [0.25, 0.3) is 0 Å². The normalized spacial score (nSPS) is 25.4. The molecule has 1 N–H and O–H groups in total. The number of aliphatic hydroxyl groups excluding tert-OH is 1. The summed E-state index contributed by atoms with van der Waals surface area (Å²) in [5, 5.41) is 9.03. The molecule has 2 aliphatic rings. The summed E-state index contributed by atoms with van der Waals surface area (Å²) in [6.07, 6.45) is 2.26. The van der Waals surface area contributed by atoms with Gasteiger partial charge in [0.1, 0.15) is 5.60 Å². The van der Waals surface area contributed by atoms with E-state index in [1.165, 1.54) is 12.8 Å². The van der Waals surface area contributed by atoms with Gasteiger partial charge in [-0.15, -0.1) is 0 Å². The lowest BCUT2D eigenvalue weighted by Crippen LogP contribution is -2.56. The molecule has 0 unspecified atom stereocenters. The summed E-state index contributed by atoms with van der Waals surface area (Å²) >= 11 is 0. The van der Waals surface area contributed by atoms with E-state index in [0.29, 0.717) is 11.8 Å². The molecule has 1 atom stereocenters. The number of likely N-dealkylation sites (tertiary alicyclic amines) is 2. The van der Waals surface area contributed by atoms with Gasteiger partial charge in [-0.05, 0) is 52.0 Å². The van der Waals surface area contributed by atoms with Crippen LogP contribution in [0.4, 0.5) is 4.79 Å². The van der Waals surface area contributed by atoms with Crippen molar-refractivity contribution in [2.45, 2.75) is 39.2 Å². The van der Waals surface area contributed by atoms with E-state index in [0.717, 1.165) is 32.7 Å². The molecule has 5 heteroatoms. The molecule has 0 aliphatic carbocycles. The van der Waals surface area contributed by atoms with Gasteiger partial charge in [0.2, 0.25) is 0 Å². The van der Waals surface area contributed by atoms with Crippen molar-refractivity contribution >= 4 is 6.09 Å². The van der Waals surface area contributed by atoms with Gasteiger partial charge in [-0.1, -0.05) is 0 Å². The van der Waals surface area contributed by atoms with Crippen molar-refractivity contribution in [1.29, 1.82) is 0 Å². The third kappa shape index (κ3) is 4.09. The molecule has 0 bridgehead atoms. The maximum Gasteiger partial charge on any atom is 0.410 e. The summed E-state index contributed by atoms with van der Waals surface area (Å²) in [5.41, 5.74) is -0.412. The van der Waals surface area contributed by atoms with Crippen molar-refractivity contribution in [3.63, 3.8) is 0 Å². The number of piperidine rings is 1. The Hall–Kier alpha value is -0.810. The first kappa shape index (κ1) is 15.6. The molecular formula is C15H28N2O3. The highest BCUT2D eigenvalue weighted by Gasteiger charge is 2.39. The van der Waals surface area contributed by atoms with Crippen LogP contribution in [0, 0.1) is 11.8 Å². The Balaban J connectivity index is 1.74. The van der Waals surface area contributed by atoms with E-state index in [-0.39, 0.29) is 12.7 Å². The van der Waals surface area contributed by atoms with E-state index in [1.807, 2.05) is 20.8 Å². The largest absolute Gasteiger partial charge is 0.444 e. The maximum atomic E-state index is 11.9. The molecule has 0 aromatic rings. The SMILES string of the molecule is CC(C)(C)OC(=O)N1CC([C@H]2CCCN(CCO)C2)C1. The van der Waals surface area contributed by atoms with Gasteiger partial charge >= 0.3 is 6.09 Å². The number of aliphatic hydroxyl groups is 1. The Bertz CT molecular complexity index is 333. The molecule has 1 amide bonds. The molecule has 0 spiro atoms. The minimum absolute atomic E-state index is 0.184. The smallest absolute Gasteiger partial charge is 0.410 e. The first-order valence-electron chi connectivity index (χ1n) is 7.70. The quantitative estimate of drug-likeness (QED) is 0.854. The fraction of sp³-hybridized carbons (Fsp3) is 0.933. The molecule has 2 aliphatic heterocycles. The molecule has 2 saturated heterocycles. The first-order chi connectivity index (χ1) is 9.39. The molecule has 2 heterocycles. The number of ether oxygens (including phenoxy) is 1. The standard InChI is InChI=1S/C15H28N2O3/c1-15(2,3)20-14(19)17-10-13(11-17)12-5-4-6-16(9-12)7-8-18/h12-13,18H,4-11H2,1-3H3/t12-/m0/s1. The Labute approximate surface area is 121 Å². The van der Waals surface area contributed by atoms with Gasteiger partial charge in [0.05, 0.1) is 6.61 Å². The van der Waals surface area contributed by atoms with Crippen LogP contribution in [0.3, 0.4) is 0 Å². The average Bonchev–Trinajstić information content (AvgIpc) is 2.25. The zero-order valence-electron chi connectivity index (χ0n) is 13.0. The van der Waals surface area contributed by atoms with E-state index in [1.54, 1.807) is 4.90 Å². The molecule has 0 aromatic heterocycles. The molecule has 5 nitrogen and oxygen atoms in total. The molecular weight excluding hydrogens is 256 g/mol. The molecule has 2 fully saturated rings. The second kappa shape index (κ2) is 6.31. The van der Waals surface area contributed by atoms with Crippen molar-refractivity contribution in [2.24, 2.45) is 11.8 Å². The van der Waals surface area contributed by atoms with Crippen LogP contribution in [0.15, 0.2) is 0 Å². The van der Waals surface area contributed by atoms with E-state index in [4.69, 9.17) is 9.84 Å². The Morgan fingerprint density at radius 2 is 1.95 bits per heavy atom. The monoisotopic (exact) mass is 284 g/mol. The molecule has 0 aromatic carbocycles. The number of hydrogen-bond acceptors (Lipinski definition) is 4. The maximum absolute atomic E-state index is 11.9. The van der Waals surface area contributed by atoms with Gasteiger partial charge in [-0.2, -0.15) is 0 Å². The van der Waals surface area contributed by atoms with Crippen LogP contribution in [0.1, 0.15) is 33.6 Å². The number of β-amino-alcohol motifs (C(OH)–C–C–N with tert-alkyl or cyclic N) is 1. The van der Waals surface area contributed by atoms with Crippen molar-refractivity contribution in [3.05, 3.63) is 0 Å². The molecule has 0 saturated carbocycles. The molecule has 116 valence electrons. The van der Waals surface area contributed by atoms with Crippen molar-refractivity contribution in [2.75, 3.05) is 39.3 Å². The zero-order valence-corrected chi connectivity index (χ0v) is 13.0. The van der Waals surface area contributed by atoms with Gasteiger partial charge in [0, 0.05) is 26.2 Å². The van der Waals surface area contributed by atoms with Crippen molar-refractivity contribution in [1.82, 2.24) is 9.80 Å². The Morgan fingerprint density at radius 1 is 1.25 bits per heavy atom. The van der Waals surface area contributed by atoms with Crippen LogP contribution in [0.2, 0.25) is 0 Å². The number of amides is 1. The van der Waals surface area contributed by atoms with Crippen molar-refractivity contribution < 1.29 is 14.6 Å². The van der Waals surface area contributed by atoms with Crippen LogP contribution in [0.5, 0.6) is 0 Å². The first-order valence-corrected chi connectivity index (χ1v) is 7.70. The van der Waals surface area contributed by atoms with Gasteiger partial charge in [0.25, 0.3) is 0 Å². The van der Waals surface area contributed by atoms with Crippen LogP contribution < -0.4 is 0 Å². The zero-order chi connectivity index (χ0) is 14.8. The number of carbonyl (C=O) groups is 1. The highest BCUT2D eigenvalue weighted by Crippen LogP contribution is 2.31. The van der Waals surface area contributed by atoms with E-state index < -0.39 is 5.60 Å². The van der Waals surface area contributed by atoms with Crippen LogP contribution >= 0.6 is 0 Å². The predicted molar refractivity (Wildman–Crippen MR) is 77.5 cm³/mol. The van der Waals surface area contributed by atoms with Gasteiger partial charge in [0.15, 0.2) is 0 Å². The second-order valence-electron chi connectivity index (χ2n) is 7.07. The van der Waals surface area contributed by atoms with Gasteiger partial charge in [-0.3, -0.25) is 0 Å². The second-order valence-corrected chi connectivity index (χ2v) is 7.07. The minimum atomic E-state index is -0.412. The van der Waals surface area contributed by atoms with Crippen LogP contribution in [-0.4, -0.2) is 65.9 Å². The summed E-state index contributed by atoms with van der Waals surface area (Å²) in [4.78, 5) is 16.0. The summed E-state index contributed by atoms with van der Waals surface area (Å²) in [5.74, 6) is 1.26. The van der Waals surface area contributed by atoms with E-state index in [2.05, 4.69) is 4.90 Å². The number of rotatable bonds is 3. The summed E-state index contributed by atoms with van der Waals surface area (Å²) < 4.78 is 5.38. The van der Waals surface area contributed by atoms with Gasteiger partial charge < -0.3 is 19.6 Å². The molecule has 2 rings (SSSR count). The molecule has 0 radical (unpaired) electrons. The fourth-order valence-corrected chi connectivity index (χ4v) is 3.11. The summed E-state index contributed by atoms with van der Waals surface area (Å²) in [6, 6.07) is 0. The lowest BCUT2D eigenvalue weighted by atomic mass is 9.81. The third-order valence-corrected chi connectivity index (χ3v) is 4.19. The highest BCUT2D eigenvalue weighted by molar-refractivity contribution is 5.69. The average molecular weight is 284 g/mol. The number of nitrogens with zero attached hydrogens (tertiary/aromatic N) is 2.